The number of ether oxygens (including phenoxy) is 1. The maximum atomic E-state index is 12.4. The third-order valence-electron chi connectivity index (χ3n) is 4.01. The number of carbonyl (C=O) groups excluding carboxylic acids is 1. The Kier molecular flexibility index (Phi) is 5.32. The molecule has 0 saturated heterocycles. The first-order valence-electron chi connectivity index (χ1n) is 7.45. The molecule has 0 spiro atoms. The smallest absolute Gasteiger partial charge is 0.416 e. The first-order valence-corrected chi connectivity index (χ1v) is 7.45. The van der Waals surface area contributed by atoms with E-state index in [1.165, 1.54) is 18.6 Å². The predicted molar refractivity (Wildman–Crippen MR) is 76.5 cm³/mol. The van der Waals surface area contributed by atoms with E-state index in [2.05, 4.69) is 12.2 Å². The zero-order valence-electron chi connectivity index (χ0n) is 12.5. The molecule has 0 heterocycles. The number of hydrogen-bond acceptors (Lipinski definition) is 2. The number of alkyl halides is 3. The molecule has 2 rings (SSSR count). The van der Waals surface area contributed by atoms with Gasteiger partial charge in [0.25, 0.3) is 5.91 Å². The zero-order valence-corrected chi connectivity index (χ0v) is 12.5. The number of hydrogen-bond donors (Lipinski definition) is 1. The standard InChI is InChI=1S/C16H20F3NO2/c1-11-4-2-3-5-14(11)20-15(21)10-22-13-8-6-12(7-9-13)16(17,18)19/h6-9,11,14H,2-5,10H2,1H3,(H,20,21). The number of benzene rings is 1. The van der Waals surface area contributed by atoms with Crippen molar-refractivity contribution in [2.45, 2.75) is 44.8 Å². The van der Waals surface area contributed by atoms with Crippen molar-refractivity contribution in [2.24, 2.45) is 5.92 Å². The molecular weight excluding hydrogens is 295 g/mol. The van der Waals surface area contributed by atoms with E-state index in [9.17, 15) is 18.0 Å². The van der Waals surface area contributed by atoms with E-state index in [1.807, 2.05) is 0 Å². The minimum Gasteiger partial charge on any atom is -0.484 e. The highest BCUT2D eigenvalue weighted by atomic mass is 19.4. The lowest BCUT2D eigenvalue weighted by atomic mass is 9.86. The van der Waals surface area contributed by atoms with Crippen LogP contribution in [0.15, 0.2) is 24.3 Å². The zero-order chi connectivity index (χ0) is 16.2. The average Bonchev–Trinajstić information content (AvgIpc) is 2.47. The Morgan fingerprint density at radius 2 is 1.86 bits per heavy atom. The van der Waals surface area contributed by atoms with Crippen LogP contribution in [-0.2, 0) is 11.0 Å². The van der Waals surface area contributed by atoms with Crippen molar-refractivity contribution >= 4 is 5.91 Å². The fourth-order valence-electron chi connectivity index (χ4n) is 2.67. The van der Waals surface area contributed by atoms with Crippen LogP contribution in [-0.4, -0.2) is 18.6 Å². The largest absolute Gasteiger partial charge is 0.484 e. The normalized spacial score (nSPS) is 22.2. The number of nitrogens with one attached hydrogen (secondary N) is 1. The van der Waals surface area contributed by atoms with Gasteiger partial charge in [-0.05, 0) is 43.0 Å². The summed E-state index contributed by atoms with van der Waals surface area (Å²) >= 11 is 0. The van der Waals surface area contributed by atoms with Crippen molar-refractivity contribution in [1.82, 2.24) is 5.32 Å². The first-order chi connectivity index (χ1) is 10.4. The monoisotopic (exact) mass is 315 g/mol. The number of rotatable bonds is 4. The molecule has 2 unspecified atom stereocenters. The molecular formula is C16H20F3NO2. The summed E-state index contributed by atoms with van der Waals surface area (Å²) in [5, 5.41) is 2.93. The van der Waals surface area contributed by atoms with E-state index in [0.717, 1.165) is 31.4 Å². The summed E-state index contributed by atoms with van der Waals surface area (Å²) in [5.41, 5.74) is -0.736. The highest BCUT2D eigenvalue weighted by Gasteiger charge is 2.30. The second-order valence-electron chi connectivity index (χ2n) is 5.75. The van der Waals surface area contributed by atoms with E-state index >= 15 is 0 Å². The van der Waals surface area contributed by atoms with Gasteiger partial charge in [-0.1, -0.05) is 19.8 Å². The molecule has 0 bridgehead atoms. The molecule has 122 valence electrons. The van der Waals surface area contributed by atoms with Crippen LogP contribution >= 0.6 is 0 Å². The maximum absolute atomic E-state index is 12.4. The second-order valence-corrected chi connectivity index (χ2v) is 5.75. The Morgan fingerprint density at radius 1 is 1.23 bits per heavy atom. The van der Waals surface area contributed by atoms with Gasteiger partial charge in [0.15, 0.2) is 6.61 Å². The van der Waals surface area contributed by atoms with Gasteiger partial charge in [0.05, 0.1) is 5.56 Å². The molecule has 3 nitrogen and oxygen atoms in total. The Balaban J connectivity index is 1.81. The summed E-state index contributed by atoms with van der Waals surface area (Å²) in [4.78, 5) is 11.8. The van der Waals surface area contributed by atoms with Gasteiger partial charge >= 0.3 is 6.18 Å². The van der Waals surface area contributed by atoms with Gasteiger partial charge in [0.2, 0.25) is 0 Å². The quantitative estimate of drug-likeness (QED) is 0.918. The summed E-state index contributed by atoms with van der Waals surface area (Å²) in [7, 11) is 0. The minimum absolute atomic E-state index is 0.164. The summed E-state index contributed by atoms with van der Waals surface area (Å²) in [6, 6.07) is 4.49. The van der Waals surface area contributed by atoms with Crippen molar-refractivity contribution in [3.63, 3.8) is 0 Å². The molecule has 0 radical (unpaired) electrons. The van der Waals surface area contributed by atoms with E-state index in [-0.39, 0.29) is 24.3 Å². The van der Waals surface area contributed by atoms with Crippen LogP contribution in [0.4, 0.5) is 13.2 Å². The molecule has 6 heteroatoms. The number of halogens is 3. The van der Waals surface area contributed by atoms with Crippen molar-refractivity contribution < 1.29 is 22.7 Å². The molecule has 0 aliphatic heterocycles. The molecule has 0 aromatic heterocycles. The molecule has 2 atom stereocenters. The topological polar surface area (TPSA) is 38.3 Å². The highest BCUT2D eigenvalue weighted by Crippen LogP contribution is 2.30. The molecule has 1 aliphatic rings. The van der Waals surface area contributed by atoms with Gasteiger partial charge < -0.3 is 10.1 Å². The van der Waals surface area contributed by atoms with Crippen LogP contribution in [0, 0.1) is 5.92 Å². The summed E-state index contributed by atoms with van der Waals surface area (Å²) in [5.74, 6) is 0.460. The maximum Gasteiger partial charge on any atom is 0.416 e. The Bertz CT molecular complexity index is 499. The molecule has 1 fully saturated rings. The van der Waals surface area contributed by atoms with Crippen molar-refractivity contribution in [2.75, 3.05) is 6.61 Å². The van der Waals surface area contributed by atoms with Crippen molar-refractivity contribution in [3.05, 3.63) is 29.8 Å². The fourth-order valence-corrected chi connectivity index (χ4v) is 2.67. The van der Waals surface area contributed by atoms with E-state index < -0.39 is 11.7 Å². The third kappa shape index (κ3) is 4.64. The van der Waals surface area contributed by atoms with Crippen LogP contribution in [0.2, 0.25) is 0 Å². The van der Waals surface area contributed by atoms with Gasteiger partial charge in [0.1, 0.15) is 5.75 Å². The Morgan fingerprint density at radius 3 is 2.45 bits per heavy atom. The third-order valence-corrected chi connectivity index (χ3v) is 4.01. The molecule has 1 aliphatic carbocycles. The van der Waals surface area contributed by atoms with E-state index in [4.69, 9.17) is 4.74 Å². The first kappa shape index (κ1) is 16.6. The van der Waals surface area contributed by atoms with Crippen LogP contribution in [0.3, 0.4) is 0 Å². The van der Waals surface area contributed by atoms with E-state index in [1.54, 1.807) is 0 Å². The molecule has 1 N–H and O–H groups in total. The van der Waals surface area contributed by atoms with Crippen LogP contribution in [0.5, 0.6) is 5.75 Å². The van der Waals surface area contributed by atoms with Crippen molar-refractivity contribution in [1.29, 1.82) is 0 Å². The number of carbonyl (C=O) groups is 1. The molecule has 1 aromatic rings. The minimum atomic E-state index is -4.37. The average molecular weight is 315 g/mol. The predicted octanol–water partition coefficient (Wildman–Crippen LogP) is 3.78. The van der Waals surface area contributed by atoms with Crippen molar-refractivity contribution in [3.8, 4) is 5.75 Å². The lowest BCUT2D eigenvalue weighted by molar-refractivity contribution is -0.137. The summed E-state index contributed by atoms with van der Waals surface area (Å²) < 4.78 is 42.5. The number of amides is 1. The second kappa shape index (κ2) is 7.03. The lowest BCUT2D eigenvalue weighted by Gasteiger charge is -2.29. The fraction of sp³-hybridized carbons (Fsp3) is 0.562. The molecule has 1 amide bonds. The molecule has 1 saturated carbocycles. The summed E-state index contributed by atoms with van der Waals surface area (Å²) in [6.45, 7) is 1.93. The van der Waals surface area contributed by atoms with Gasteiger partial charge in [-0.3, -0.25) is 4.79 Å². The lowest BCUT2D eigenvalue weighted by Crippen LogP contribution is -2.43. The van der Waals surface area contributed by atoms with Crippen LogP contribution < -0.4 is 10.1 Å². The van der Waals surface area contributed by atoms with Gasteiger partial charge in [0, 0.05) is 6.04 Å². The van der Waals surface area contributed by atoms with Crippen LogP contribution in [0.1, 0.15) is 38.2 Å². The molecule has 22 heavy (non-hydrogen) atoms. The van der Waals surface area contributed by atoms with Gasteiger partial charge in [-0.2, -0.15) is 13.2 Å². The SMILES string of the molecule is CC1CCCCC1NC(=O)COc1ccc(C(F)(F)F)cc1. The Hall–Kier alpha value is -1.72. The van der Waals surface area contributed by atoms with Crippen LogP contribution in [0.25, 0.3) is 0 Å². The van der Waals surface area contributed by atoms with E-state index in [0.29, 0.717) is 5.92 Å². The Labute approximate surface area is 127 Å². The van der Waals surface area contributed by atoms with Gasteiger partial charge in [-0.15, -0.1) is 0 Å². The molecule has 1 aromatic carbocycles. The van der Waals surface area contributed by atoms with Gasteiger partial charge in [-0.25, -0.2) is 0 Å². The highest BCUT2D eigenvalue weighted by molar-refractivity contribution is 5.77. The summed E-state index contributed by atoms with van der Waals surface area (Å²) in [6.07, 6.45) is -0.00441.